The Bertz CT molecular complexity index is 444. The maximum Gasteiger partial charge on any atom is 0.147 e. The van der Waals surface area contributed by atoms with Crippen molar-refractivity contribution in [2.24, 2.45) is 5.92 Å². The zero-order chi connectivity index (χ0) is 15.8. The van der Waals surface area contributed by atoms with Gasteiger partial charge in [0.05, 0.1) is 22.9 Å². The summed E-state index contributed by atoms with van der Waals surface area (Å²) in [6.07, 6.45) is 1.26. The molecule has 0 aliphatic carbocycles. The largest absolute Gasteiger partial charge is 0.389 e. The molecule has 0 aliphatic rings. The van der Waals surface area contributed by atoms with Crippen LogP contribution in [-0.2, 0) is 4.74 Å². The standard InChI is InChI=1S/C15H22BrF2NO2/c1-10(2)4-3-5-21-9-11(20)8-19-15-7-13(17)12(16)6-14(15)18/h6-7,10-11,19-20H,3-5,8-9H2,1-2H3. The minimum absolute atomic E-state index is 0.0227. The summed E-state index contributed by atoms with van der Waals surface area (Å²) in [7, 11) is 0. The normalized spacial score (nSPS) is 12.7. The third-order valence-corrected chi connectivity index (χ3v) is 3.53. The molecule has 6 heteroatoms. The Hall–Kier alpha value is -0.720. The predicted molar refractivity (Wildman–Crippen MR) is 83.4 cm³/mol. The lowest BCUT2D eigenvalue weighted by molar-refractivity contribution is 0.0409. The summed E-state index contributed by atoms with van der Waals surface area (Å²) < 4.78 is 32.2. The first-order chi connectivity index (χ1) is 9.90. The topological polar surface area (TPSA) is 41.5 Å². The molecule has 1 atom stereocenters. The summed E-state index contributed by atoms with van der Waals surface area (Å²) in [6.45, 7) is 5.15. The highest BCUT2D eigenvalue weighted by Gasteiger charge is 2.10. The first kappa shape index (κ1) is 18.3. The van der Waals surface area contributed by atoms with Crippen LogP contribution < -0.4 is 5.32 Å². The zero-order valence-electron chi connectivity index (χ0n) is 12.3. The lowest BCUT2D eigenvalue weighted by atomic mass is 10.1. The zero-order valence-corrected chi connectivity index (χ0v) is 13.9. The van der Waals surface area contributed by atoms with Gasteiger partial charge in [0.25, 0.3) is 0 Å². The van der Waals surface area contributed by atoms with Crippen molar-refractivity contribution in [2.45, 2.75) is 32.8 Å². The SMILES string of the molecule is CC(C)CCCOCC(O)CNc1cc(F)c(Br)cc1F. The predicted octanol–water partition coefficient (Wildman–Crippen LogP) is 3.95. The minimum atomic E-state index is -0.768. The van der Waals surface area contributed by atoms with Crippen LogP contribution in [0.3, 0.4) is 0 Å². The molecule has 21 heavy (non-hydrogen) atoms. The molecule has 3 nitrogen and oxygen atoms in total. The molecule has 0 bridgehead atoms. The molecule has 1 aromatic rings. The Morgan fingerprint density at radius 2 is 2.00 bits per heavy atom. The lowest BCUT2D eigenvalue weighted by Gasteiger charge is -2.14. The van der Waals surface area contributed by atoms with Crippen molar-refractivity contribution in [1.29, 1.82) is 0 Å². The average Bonchev–Trinajstić information content (AvgIpc) is 2.40. The first-order valence-electron chi connectivity index (χ1n) is 7.04. The summed E-state index contributed by atoms with van der Waals surface area (Å²) >= 11 is 2.91. The van der Waals surface area contributed by atoms with E-state index in [4.69, 9.17) is 4.74 Å². The molecule has 0 saturated carbocycles. The number of ether oxygens (including phenoxy) is 1. The maximum absolute atomic E-state index is 13.5. The van der Waals surface area contributed by atoms with Crippen LogP contribution in [0.2, 0.25) is 0 Å². The number of rotatable bonds is 9. The summed E-state index contributed by atoms with van der Waals surface area (Å²) in [4.78, 5) is 0. The number of aliphatic hydroxyl groups excluding tert-OH is 1. The maximum atomic E-state index is 13.5. The molecular formula is C15H22BrF2NO2. The van der Waals surface area contributed by atoms with Crippen molar-refractivity contribution >= 4 is 21.6 Å². The smallest absolute Gasteiger partial charge is 0.147 e. The third kappa shape index (κ3) is 7.20. The Kier molecular flexibility index (Phi) is 8.14. The quantitative estimate of drug-likeness (QED) is 0.514. The van der Waals surface area contributed by atoms with Gasteiger partial charge in [-0.1, -0.05) is 13.8 Å². The van der Waals surface area contributed by atoms with E-state index in [0.717, 1.165) is 25.0 Å². The van der Waals surface area contributed by atoms with Gasteiger partial charge in [-0.3, -0.25) is 0 Å². The van der Waals surface area contributed by atoms with Gasteiger partial charge in [-0.25, -0.2) is 8.78 Å². The molecule has 0 saturated heterocycles. The minimum Gasteiger partial charge on any atom is -0.389 e. The van der Waals surface area contributed by atoms with Gasteiger partial charge in [0, 0.05) is 19.2 Å². The molecule has 1 unspecified atom stereocenters. The molecule has 0 radical (unpaired) electrons. The van der Waals surface area contributed by atoms with Crippen molar-refractivity contribution in [3.63, 3.8) is 0 Å². The third-order valence-electron chi connectivity index (χ3n) is 2.92. The number of halogens is 3. The van der Waals surface area contributed by atoms with E-state index in [2.05, 4.69) is 35.1 Å². The van der Waals surface area contributed by atoms with Gasteiger partial charge in [-0.05, 0) is 40.8 Å². The Labute approximate surface area is 132 Å². The second kappa shape index (κ2) is 9.33. The van der Waals surface area contributed by atoms with Gasteiger partial charge in [0.15, 0.2) is 0 Å². The Morgan fingerprint density at radius 3 is 2.67 bits per heavy atom. The van der Waals surface area contributed by atoms with E-state index >= 15 is 0 Å². The van der Waals surface area contributed by atoms with Gasteiger partial charge in [-0.2, -0.15) is 0 Å². The fourth-order valence-corrected chi connectivity index (χ4v) is 2.07. The van der Waals surface area contributed by atoms with Gasteiger partial charge in [-0.15, -0.1) is 0 Å². The molecule has 0 heterocycles. The molecule has 0 aliphatic heterocycles. The lowest BCUT2D eigenvalue weighted by Crippen LogP contribution is -2.25. The summed E-state index contributed by atoms with van der Waals surface area (Å²) in [5, 5.41) is 12.4. The van der Waals surface area contributed by atoms with Crippen molar-refractivity contribution < 1.29 is 18.6 Å². The van der Waals surface area contributed by atoms with E-state index in [-0.39, 0.29) is 23.3 Å². The van der Waals surface area contributed by atoms with Crippen LogP contribution in [0.25, 0.3) is 0 Å². The van der Waals surface area contributed by atoms with Crippen LogP contribution >= 0.6 is 15.9 Å². The number of benzene rings is 1. The highest BCUT2D eigenvalue weighted by Crippen LogP contribution is 2.23. The summed E-state index contributed by atoms with van der Waals surface area (Å²) in [5.41, 5.74) is 0.0227. The van der Waals surface area contributed by atoms with Crippen molar-refractivity contribution in [1.82, 2.24) is 0 Å². The van der Waals surface area contributed by atoms with Crippen LogP contribution in [-0.4, -0.2) is 31.0 Å². The van der Waals surface area contributed by atoms with E-state index in [1.807, 2.05) is 0 Å². The average molecular weight is 366 g/mol. The number of anilines is 1. The fraction of sp³-hybridized carbons (Fsp3) is 0.600. The Balaban J connectivity index is 2.27. The summed E-state index contributed by atoms with van der Waals surface area (Å²) in [5.74, 6) is -0.498. The molecule has 1 aromatic carbocycles. The number of hydrogen-bond donors (Lipinski definition) is 2. The monoisotopic (exact) mass is 365 g/mol. The van der Waals surface area contributed by atoms with Crippen LogP contribution in [0, 0.1) is 17.6 Å². The van der Waals surface area contributed by atoms with Crippen LogP contribution in [0.15, 0.2) is 16.6 Å². The second-order valence-corrected chi connectivity index (χ2v) is 6.25. The Morgan fingerprint density at radius 1 is 1.29 bits per heavy atom. The van der Waals surface area contributed by atoms with E-state index in [1.165, 1.54) is 0 Å². The molecule has 0 spiro atoms. The molecule has 0 aromatic heterocycles. The number of hydrogen-bond acceptors (Lipinski definition) is 3. The van der Waals surface area contributed by atoms with E-state index in [1.54, 1.807) is 0 Å². The van der Waals surface area contributed by atoms with E-state index in [0.29, 0.717) is 12.5 Å². The fourth-order valence-electron chi connectivity index (χ4n) is 1.76. The highest BCUT2D eigenvalue weighted by atomic mass is 79.9. The van der Waals surface area contributed by atoms with Crippen LogP contribution in [0.5, 0.6) is 0 Å². The van der Waals surface area contributed by atoms with Crippen LogP contribution in [0.4, 0.5) is 14.5 Å². The molecular weight excluding hydrogens is 344 g/mol. The van der Waals surface area contributed by atoms with Crippen molar-refractivity contribution in [3.05, 3.63) is 28.2 Å². The number of aliphatic hydroxyl groups is 1. The van der Waals surface area contributed by atoms with Crippen LogP contribution in [0.1, 0.15) is 26.7 Å². The van der Waals surface area contributed by atoms with Crippen molar-refractivity contribution in [2.75, 3.05) is 25.1 Å². The van der Waals surface area contributed by atoms with E-state index < -0.39 is 17.7 Å². The van der Waals surface area contributed by atoms with Gasteiger partial charge in [0.1, 0.15) is 11.6 Å². The van der Waals surface area contributed by atoms with E-state index in [9.17, 15) is 13.9 Å². The molecule has 1 rings (SSSR count). The molecule has 2 N–H and O–H groups in total. The highest BCUT2D eigenvalue weighted by molar-refractivity contribution is 9.10. The molecule has 0 fully saturated rings. The molecule has 120 valence electrons. The van der Waals surface area contributed by atoms with Gasteiger partial charge >= 0.3 is 0 Å². The van der Waals surface area contributed by atoms with Crippen molar-refractivity contribution in [3.8, 4) is 0 Å². The summed E-state index contributed by atoms with van der Waals surface area (Å²) in [6, 6.07) is 2.10. The number of nitrogens with one attached hydrogen (secondary N) is 1. The second-order valence-electron chi connectivity index (χ2n) is 5.39. The molecule has 0 amide bonds. The van der Waals surface area contributed by atoms with Gasteiger partial charge < -0.3 is 15.2 Å². The van der Waals surface area contributed by atoms with Gasteiger partial charge in [0.2, 0.25) is 0 Å². The first-order valence-corrected chi connectivity index (χ1v) is 7.83.